The first kappa shape index (κ1) is 15.7. The highest BCUT2D eigenvalue weighted by molar-refractivity contribution is 9.10. The van der Waals surface area contributed by atoms with Crippen molar-refractivity contribution < 1.29 is 4.89 Å². The Labute approximate surface area is 121 Å². The monoisotopic (exact) mass is 352 g/mol. The second kappa shape index (κ2) is 7.30. The lowest BCUT2D eigenvalue weighted by atomic mass is 10.1. The van der Waals surface area contributed by atoms with Gasteiger partial charge in [0.05, 0.1) is 0 Å². The van der Waals surface area contributed by atoms with Gasteiger partial charge in [0.25, 0.3) is 0 Å². The quantitative estimate of drug-likeness (QED) is 0.758. The number of halogens is 1. The molecule has 2 atom stereocenters. The van der Waals surface area contributed by atoms with Gasteiger partial charge >= 0.3 is 0 Å². The second-order valence-corrected chi connectivity index (χ2v) is 11.8. The molecular formula is C12H18BrOPS2. The van der Waals surface area contributed by atoms with Crippen LogP contribution < -0.4 is 5.30 Å². The molecule has 0 aromatic heterocycles. The van der Waals surface area contributed by atoms with Gasteiger partial charge in [0.2, 0.25) is 0 Å². The van der Waals surface area contributed by atoms with Crippen molar-refractivity contribution in [3.8, 4) is 0 Å². The minimum atomic E-state index is -2.46. The maximum atomic E-state index is 10.4. The van der Waals surface area contributed by atoms with E-state index < -0.39 is 5.47 Å². The summed E-state index contributed by atoms with van der Waals surface area (Å²) < 4.78 is 0.918. The summed E-state index contributed by atoms with van der Waals surface area (Å²) in [6.07, 6.45) is 2.38. The molecule has 0 radical (unpaired) electrons. The summed E-state index contributed by atoms with van der Waals surface area (Å²) in [7, 11) is 0. The van der Waals surface area contributed by atoms with Crippen LogP contribution in [0.4, 0.5) is 0 Å². The van der Waals surface area contributed by atoms with Crippen LogP contribution in [0.5, 0.6) is 0 Å². The molecule has 0 fully saturated rings. The third-order valence-electron chi connectivity index (χ3n) is 2.47. The minimum Gasteiger partial charge on any atom is -0.354 e. The molecule has 17 heavy (non-hydrogen) atoms. The molecule has 2 unspecified atom stereocenters. The average Bonchev–Trinajstić information content (AvgIpc) is 2.27. The highest BCUT2D eigenvalue weighted by Gasteiger charge is 2.20. The molecule has 1 nitrogen and oxygen atoms in total. The zero-order valence-electron chi connectivity index (χ0n) is 10.1. The van der Waals surface area contributed by atoms with Crippen LogP contribution in [0.1, 0.15) is 26.7 Å². The Hall–Kier alpha value is 0.660. The van der Waals surface area contributed by atoms with E-state index in [4.69, 9.17) is 11.8 Å². The molecule has 1 N–H and O–H groups in total. The van der Waals surface area contributed by atoms with E-state index in [1.165, 1.54) is 12.8 Å². The number of rotatable bonds is 6. The molecule has 0 bridgehead atoms. The van der Waals surface area contributed by atoms with Crippen molar-refractivity contribution in [1.82, 2.24) is 0 Å². The van der Waals surface area contributed by atoms with Crippen LogP contribution in [0.15, 0.2) is 28.7 Å². The SMILES string of the molecule is CCCC(C)CSP(O)(=S)c1ccccc1Br. The molecule has 1 aromatic rings. The highest BCUT2D eigenvalue weighted by Crippen LogP contribution is 2.55. The van der Waals surface area contributed by atoms with Gasteiger partial charge in [-0.15, -0.1) is 0 Å². The van der Waals surface area contributed by atoms with Crippen LogP contribution in [-0.4, -0.2) is 10.6 Å². The zero-order valence-corrected chi connectivity index (χ0v) is 14.2. The molecule has 1 rings (SSSR count). The molecular weight excluding hydrogens is 335 g/mol. The van der Waals surface area contributed by atoms with Crippen molar-refractivity contribution in [1.29, 1.82) is 0 Å². The Morgan fingerprint density at radius 2 is 2.12 bits per heavy atom. The predicted molar refractivity (Wildman–Crippen MR) is 86.8 cm³/mol. The Morgan fingerprint density at radius 1 is 1.47 bits per heavy atom. The van der Waals surface area contributed by atoms with E-state index in [0.717, 1.165) is 15.5 Å². The van der Waals surface area contributed by atoms with Crippen LogP contribution >= 0.6 is 32.8 Å². The third kappa shape index (κ3) is 5.04. The summed E-state index contributed by atoms with van der Waals surface area (Å²) in [6, 6.07) is 7.71. The molecule has 0 aliphatic rings. The molecule has 0 amide bonds. The van der Waals surface area contributed by atoms with Gasteiger partial charge in [0.15, 0.2) is 0 Å². The standard InChI is InChI=1S/C12H18BrOPS2/c1-3-6-10(2)9-17-15(14,16)12-8-5-4-7-11(12)13/h4-5,7-8,10H,3,6,9H2,1-2H3,(H,14,16). The molecule has 0 aliphatic heterocycles. The molecule has 5 heteroatoms. The van der Waals surface area contributed by atoms with E-state index in [-0.39, 0.29) is 0 Å². The number of hydrogen-bond donors (Lipinski definition) is 1. The fourth-order valence-electron chi connectivity index (χ4n) is 1.55. The predicted octanol–water partition coefficient (Wildman–Crippen LogP) is 4.55. The van der Waals surface area contributed by atoms with Gasteiger partial charge in [0, 0.05) is 15.5 Å². The van der Waals surface area contributed by atoms with Crippen LogP contribution in [0, 0.1) is 5.92 Å². The molecule has 1 aromatic carbocycles. The second-order valence-electron chi connectivity index (χ2n) is 4.16. The van der Waals surface area contributed by atoms with E-state index in [1.807, 2.05) is 24.3 Å². The van der Waals surface area contributed by atoms with Crippen molar-refractivity contribution in [3.05, 3.63) is 28.7 Å². The highest BCUT2D eigenvalue weighted by atomic mass is 79.9. The third-order valence-corrected chi connectivity index (χ3v) is 9.16. The van der Waals surface area contributed by atoms with Gasteiger partial charge in [-0.2, -0.15) is 0 Å². The van der Waals surface area contributed by atoms with Gasteiger partial charge in [-0.3, -0.25) is 0 Å². The Morgan fingerprint density at radius 3 is 2.71 bits per heavy atom. The van der Waals surface area contributed by atoms with E-state index in [0.29, 0.717) is 5.92 Å². The summed E-state index contributed by atoms with van der Waals surface area (Å²) in [5.41, 5.74) is -2.46. The lowest BCUT2D eigenvalue weighted by Crippen LogP contribution is -2.05. The lowest BCUT2D eigenvalue weighted by molar-refractivity contribution is 0.585. The number of benzene rings is 1. The Bertz CT molecular complexity index is 411. The maximum absolute atomic E-state index is 10.4. The van der Waals surface area contributed by atoms with Crippen LogP contribution in [0.3, 0.4) is 0 Å². The summed E-state index contributed by atoms with van der Waals surface area (Å²) in [5.74, 6) is 1.55. The summed E-state index contributed by atoms with van der Waals surface area (Å²) in [6.45, 7) is 4.40. The van der Waals surface area contributed by atoms with Crippen molar-refractivity contribution >= 4 is 49.9 Å². The number of hydrogen-bond acceptors (Lipinski definition) is 2. The molecule has 0 spiro atoms. The van der Waals surface area contributed by atoms with Crippen molar-refractivity contribution in [2.24, 2.45) is 5.92 Å². The zero-order chi connectivity index (χ0) is 12.9. The van der Waals surface area contributed by atoms with E-state index in [2.05, 4.69) is 29.8 Å². The first-order valence-corrected chi connectivity index (χ1v) is 10.8. The van der Waals surface area contributed by atoms with Crippen LogP contribution in [-0.2, 0) is 11.8 Å². The topological polar surface area (TPSA) is 20.2 Å². The summed E-state index contributed by atoms with van der Waals surface area (Å²) in [5, 5.41) is 0.878. The van der Waals surface area contributed by atoms with Gasteiger partial charge in [-0.1, -0.05) is 62.0 Å². The fourth-order valence-corrected chi connectivity index (χ4v) is 7.98. The van der Waals surface area contributed by atoms with E-state index >= 15 is 0 Å². The molecule has 0 heterocycles. The smallest absolute Gasteiger partial charge is 0.147 e. The lowest BCUT2D eigenvalue weighted by Gasteiger charge is -2.18. The Balaban J connectivity index is 2.69. The molecule has 96 valence electrons. The largest absolute Gasteiger partial charge is 0.354 e. The first-order valence-electron chi connectivity index (χ1n) is 5.69. The average molecular weight is 353 g/mol. The van der Waals surface area contributed by atoms with Crippen LogP contribution in [0.2, 0.25) is 0 Å². The maximum Gasteiger partial charge on any atom is 0.147 e. The molecule has 0 aliphatic carbocycles. The van der Waals surface area contributed by atoms with Crippen molar-refractivity contribution in [2.45, 2.75) is 26.7 Å². The van der Waals surface area contributed by atoms with E-state index in [1.54, 1.807) is 11.4 Å². The van der Waals surface area contributed by atoms with Gasteiger partial charge in [-0.05, 0) is 34.0 Å². The van der Waals surface area contributed by atoms with Gasteiger partial charge in [0.1, 0.15) is 5.47 Å². The summed E-state index contributed by atoms with van der Waals surface area (Å²) >= 11 is 10.4. The van der Waals surface area contributed by atoms with E-state index in [9.17, 15) is 4.89 Å². The normalized spacial score (nSPS) is 16.5. The minimum absolute atomic E-state index is 0.613. The summed E-state index contributed by atoms with van der Waals surface area (Å²) in [4.78, 5) is 10.4. The van der Waals surface area contributed by atoms with Crippen molar-refractivity contribution in [2.75, 3.05) is 5.75 Å². The Kier molecular flexibility index (Phi) is 6.75. The van der Waals surface area contributed by atoms with Gasteiger partial charge < -0.3 is 4.89 Å². The van der Waals surface area contributed by atoms with Crippen LogP contribution in [0.25, 0.3) is 0 Å². The molecule has 0 saturated heterocycles. The van der Waals surface area contributed by atoms with Crippen molar-refractivity contribution in [3.63, 3.8) is 0 Å². The molecule has 0 saturated carbocycles. The first-order chi connectivity index (χ1) is 7.97. The van der Waals surface area contributed by atoms with Gasteiger partial charge in [-0.25, -0.2) is 0 Å². The fraction of sp³-hybridized carbons (Fsp3) is 0.500.